The van der Waals surface area contributed by atoms with Crippen LogP contribution in [0.5, 0.6) is 5.75 Å². The number of ketones is 1. The highest BCUT2D eigenvalue weighted by molar-refractivity contribution is 8.14. The number of nitrogens with zero attached hydrogens (tertiary/aromatic N) is 1. The number of carbonyl (C=O) groups is 3. The summed E-state index contributed by atoms with van der Waals surface area (Å²) < 4.78 is 10.1. The standard InChI is InChI=1S/C19H25NO5S/c1-3-25-17(21)13-16(26-19(23)20-11-5-4-6-12-20)18(22)14-7-9-15(24-2)10-8-14/h7-10,16H,3-6,11-13H2,1-2H3. The van der Waals surface area contributed by atoms with Gasteiger partial charge >= 0.3 is 5.97 Å². The summed E-state index contributed by atoms with van der Waals surface area (Å²) in [6.45, 7) is 3.36. The maximum atomic E-state index is 12.9. The van der Waals surface area contributed by atoms with Crippen LogP contribution in [0.3, 0.4) is 0 Å². The second-order valence-corrected chi connectivity index (χ2v) is 7.18. The summed E-state index contributed by atoms with van der Waals surface area (Å²) in [5.74, 6) is -0.0880. The Morgan fingerprint density at radius 1 is 1.12 bits per heavy atom. The molecule has 1 saturated heterocycles. The lowest BCUT2D eigenvalue weighted by Gasteiger charge is -2.27. The second kappa shape index (κ2) is 10.2. The zero-order valence-corrected chi connectivity index (χ0v) is 16.0. The third kappa shape index (κ3) is 5.76. The smallest absolute Gasteiger partial charge is 0.307 e. The Morgan fingerprint density at radius 2 is 1.77 bits per heavy atom. The fourth-order valence-corrected chi connectivity index (χ4v) is 3.81. The number of hydrogen-bond acceptors (Lipinski definition) is 6. The van der Waals surface area contributed by atoms with Crippen molar-refractivity contribution in [2.75, 3.05) is 26.8 Å². The van der Waals surface area contributed by atoms with Crippen molar-refractivity contribution < 1.29 is 23.9 Å². The largest absolute Gasteiger partial charge is 0.497 e. The Hall–Kier alpha value is -2.02. The molecule has 7 heteroatoms. The SMILES string of the molecule is CCOC(=O)CC(SC(=O)N1CCCCC1)C(=O)c1ccc(OC)cc1. The first kappa shape index (κ1) is 20.3. The maximum Gasteiger partial charge on any atom is 0.307 e. The molecule has 1 amide bonds. The molecule has 0 aliphatic carbocycles. The lowest BCUT2D eigenvalue weighted by atomic mass is 10.1. The molecule has 1 aromatic rings. The molecule has 1 aliphatic heterocycles. The van der Waals surface area contributed by atoms with Crippen molar-refractivity contribution in [3.05, 3.63) is 29.8 Å². The van der Waals surface area contributed by atoms with E-state index in [9.17, 15) is 14.4 Å². The fraction of sp³-hybridized carbons (Fsp3) is 0.526. The van der Waals surface area contributed by atoms with E-state index in [1.165, 1.54) is 0 Å². The summed E-state index contributed by atoms with van der Waals surface area (Å²) in [7, 11) is 1.55. The van der Waals surface area contributed by atoms with E-state index in [0.717, 1.165) is 31.0 Å². The van der Waals surface area contributed by atoms with Crippen molar-refractivity contribution in [1.82, 2.24) is 4.90 Å². The van der Waals surface area contributed by atoms with Crippen LogP contribution in [-0.4, -0.2) is 53.9 Å². The molecule has 1 unspecified atom stereocenters. The number of piperidine rings is 1. The molecule has 26 heavy (non-hydrogen) atoms. The normalized spacial score (nSPS) is 15.2. The molecule has 1 aromatic carbocycles. The van der Waals surface area contributed by atoms with Gasteiger partial charge in [0.2, 0.25) is 0 Å². The summed E-state index contributed by atoms with van der Waals surface area (Å²) in [6, 6.07) is 6.66. The van der Waals surface area contributed by atoms with Gasteiger partial charge in [-0.3, -0.25) is 14.4 Å². The molecule has 1 aliphatic rings. The van der Waals surface area contributed by atoms with Gasteiger partial charge in [0.15, 0.2) is 5.78 Å². The van der Waals surface area contributed by atoms with E-state index < -0.39 is 11.2 Å². The minimum Gasteiger partial charge on any atom is -0.497 e. The van der Waals surface area contributed by atoms with Gasteiger partial charge in [0.1, 0.15) is 5.75 Å². The highest BCUT2D eigenvalue weighted by Crippen LogP contribution is 2.26. The molecule has 142 valence electrons. The monoisotopic (exact) mass is 379 g/mol. The molecule has 6 nitrogen and oxygen atoms in total. The first-order valence-electron chi connectivity index (χ1n) is 8.84. The topological polar surface area (TPSA) is 72.9 Å². The van der Waals surface area contributed by atoms with Crippen molar-refractivity contribution in [2.24, 2.45) is 0 Å². The van der Waals surface area contributed by atoms with Gasteiger partial charge in [-0.2, -0.15) is 0 Å². The summed E-state index contributed by atoms with van der Waals surface area (Å²) in [5.41, 5.74) is 0.444. The van der Waals surface area contributed by atoms with Crippen molar-refractivity contribution in [1.29, 1.82) is 0 Å². The number of esters is 1. The van der Waals surface area contributed by atoms with Gasteiger partial charge < -0.3 is 14.4 Å². The third-order valence-electron chi connectivity index (χ3n) is 4.18. The van der Waals surface area contributed by atoms with Crippen LogP contribution in [0.4, 0.5) is 4.79 Å². The van der Waals surface area contributed by atoms with E-state index in [-0.39, 0.29) is 24.1 Å². The number of carbonyl (C=O) groups excluding carboxylic acids is 3. The maximum absolute atomic E-state index is 12.9. The van der Waals surface area contributed by atoms with Crippen LogP contribution < -0.4 is 4.74 Å². The lowest BCUT2D eigenvalue weighted by Crippen LogP contribution is -2.35. The van der Waals surface area contributed by atoms with Gasteiger partial charge in [0.05, 0.1) is 25.4 Å². The minimum atomic E-state index is -0.795. The molecule has 0 N–H and O–H groups in total. The zero-order valence-electron chi connectivity index (χ0n) is 15.2. The fourth-order valence-electron chi connectivity index (χ4n) is 2.77. The molecular weight excluding hydrogens is 354 g/mol. The zero-order chi connectivity index (χ0) is 18.9. The Kier molecular flexibility index (Phi) is 7.97. The third-order valence-corrected chi connectivity index (χ3v) is 5.31. The summed E-state index contributed by atoms with van der Waals surface area (Å²) >= 11 is 0.924. The van der Waals surface area contributed by atoms with Crippen LogP contribution in [0.25, 0.3) is 0 Å². The van der Waals surface area contributed by atoms with E-state index in [0.29, 0.717) is 24.4 Å². The average Bonchev–Trinajstić information content (AvgIpc) is 2.67. The van der Waals surface area contributed by atoms with Crippen molar-refractivity contribution in [3.8, 4) is 5.75 Å². The molecule has 0 spiro atoms. The predicted molar refractivity (Wildman–Crippen MR) is 101 cm³/mol. The number of thioether (sulfide) groups is 1. The molecule has 0 saturated carbocycles. The van der Waals surface area contributed by atoms with Crippen LogP contribution in [0.15, 0.2) is 24.3 Å². The highest BCUT2D eigenvalue weighted by atomic mass is 32.2. The molecule has 0 radical (unpaired) electrons. The lowest BCUT2D eigenvalue weighted by molar-refractivity contribution is -0.142. The number of methoxy groups -OCH3 is 1. The van der Waals surface area contributed by atoms with E-state index in [2.05, 4.69) is 0 Å². The number of benzene rings is 1. The van der Waals surface area contributed by atoms with Gasteiger partial charge in [-0.1, -0.05) is 11.8 Å². The van der Waals surface area contributed by atoms with E-state index >= 15 is 0 Å². The Labute approximate surface area is 158 Å². The van der Waals surface area contributed by atoms with Crippen molar-refractivity contribution >= 4 is 28.8 Å². The Morgan fingerprint density at radius 3 is 2.35 bits per heavy atom. The molecule has 1 atom stereocenters. The number of Topliss-reactive ketones (excluding diaryl/α,β-unsaturated/α-hetero) is 1. The molecule has 0 bridgehead atoms. The van der Waals surface area contributed by atoms with Gasteiger partial charge in [-0.25, -0.2) is 0 Å². The van der Waals surface area contributed by atoms with E-state index in [1.807, 2.05) is 0 Å². The number of ether oxygens (including phenoxy) is 2. The highest BCUT2D eigenvalue weighted by Gasteiger charge is 2.29. The van der Waals surface area contributed by atoms with Gasteiger partial charge in [0.25, 0.3) is 5.24 Å². The Bertz CT molecular complexity index is 625. The van der Waals surface area contributed by atoms with Gasteiger partial charge in [-0.05, 0) is 50.5 Å². The van der Waals surface area contributed by atoms with E-state index in [4.69, 9.17) is 9.47 Å². The van der Waals surface area contributed by atoms with Crippen molar-refractivity contribution in [2.45, 2.75) is 37.9 Å². The molecule has 1 fully saturated rings. The van der Waals surface area contributed by atoms with Crippen molar-refractivity contribution in [3.63, 3.8) is 0 Å². The first-order chi connectivity index (χ1) is 12.5. The summed E-state index contributed by atoms with van der Waals surface area (Å²) in [6.07, 6.45) is 2.94. The van der Waals surface area contributed by atoms with Gasteiger partial charge in [0, 0.05) is 18.7 Å². The quantitative estimate of drug-likeness (QED) is 0.533. The van der Waals surface area contributed by atoms with Crippen LogP contribution in [0.2, 0.25) is 0 Å². The molecule has 2 rings (SSSR count). The number of amides is 1. The number of rotatable bonds is 7. The second-order valence-electron chi connectivity index (χ2n) is 6.02. The first-order valence-corrected chi connectivity index (χ1v) is 9.72. The number of likely N-dealkylation sites (tertiary alicyclic amines) is 1. The Balaban J connectivity index is 2.11. The van der Waals surface area contributed by atoms with E-state index in [1.54, 1.807) is 43.2 Å². The van der Waals surface area contributed by atoms with Crippen LogP contribution in [0, 0.1) is 0 Å². The predicted octanol–water partition coefficient (Wildman–Crippen LogP) is 3.54. The van der Waals surface area contributed by atoms with Crippen LogP contribution >= 0.6 is 11.8 Å². The average molecular weight is 379 g/mol. The molecular formula is C19H25NO5S. The van der Waals surface area contributed by atoms with Crippen LogP contribution in [-0.2, 0) is 9.53 Å². The molecule has 0 aromatic heterocycles. The summed E-state index contributed by atoms with van der Waals surface area (Å²) in [4.78, 5) is 39.1. The summed E-state index contributed by atoms with van der Waals surface area (Å²) in [5, 5.41) is -0.947. The molecule has 1 heterocycles. The minimum absolute atomic E-state index is 0.122. The van der Waals surface area contributed by atoms with Gasteiger partial charge in [-0.15, -0.1) is 0 Å². The van der Waals surface area contributed by atoms with Crippen LogP contribution in [0.1, 0.15) is 43.0 Å². The number of hydrogen-bond donors (Lipinski definition) is 0.